The summed E-state index contributed by atoms with van der Waals surface area (Å²) in [5, 5.41) is 2.77. The molecule has 2 amide bonds. The number of imidazole rings is 1. The van der Waals surface area contributed by atoms with Gasteiger partial charge in [0, 0.05) is 25.8 Å². The van der Waals surface area contributed by atoms with Crippen molar-refractivity contribution in [3.05, 3.63) is 71.6 Å². The first-order chi connectivity index (χ1) is 14.1. The summed E-state index contributed by atoms with van der Waals surface area (Å²) in [4.78, 5) is 31.6. The maximum Gasteiger partial charge on any atom is 0.290 e. The fraction of sp³-hybridized carbons (Fsp3) is 0.286. The number of morpholine rings is 1. The number of carbonyl (C=O) groups is 2. The average Bonchev–Trinajstić information content (AvgIpc) is 3.15. The molecule has 0 radical (unpaired) electrons. The SMILES string of the molecule is O=C(NCCc1ccccc1F)c1nc(C(=O)N2CCOCC2)n2ccccc12. The molecular formula is C21H21FN4O3. The Morgan fingerprint density at radius 2 is 1.86 bits per heavy atom. The molecule has 1 aliphatic rings. The van der Waals surface area contributed by atoms with Gasteiger partial charge in [-0.1, -0.05) is 24.3 Å². The standard InChI is InChI=1S/C21H21FN4O3/c22-16-6-2-1-5-15(16)8-9-23-20(27)18-17-7-3-4-10-26(17)19(24-18)21(28)25-11-13-29-14-12-25/h1-7,10H,8-9,11-14H2,(H,23,27). The van der Waals surface area contributed by atoms with Crippen LogP contribution in [0.2, 0.25) is 0 Å². The Hall–Kier alpha value is -3.26. The lowest BCUT2D eigenvalue weighted by molar-refractivity contribution is 0.0294. The van der Waals surface area contributed by atoms with Gasteiger partial charge in [0.1, 0.15) is 5.82 Å². The molecule has 4 rings (SSSR count). The molecule has 150 valence electrons. The van der Waals surface area contributed by atoms with Crippen molar-refractivity contribution in [3.63, 3.8) is 0 Å². The molecule has 0 saturated carbocycles. The molecule has 0 aliphatic carbocycles. The molecule has 2 aromatic heterocycles. The van der Waals surface area contributed by atoms with Crippen LogP contribution < -0.4 is 5.32 Å². The molecule has 0 atom stereocenters. The van der Waals surface area contributed by atoms with E-state index in [2.05, 4.69) is 10.3 Å². The van der Waals surface area contributed by atoms with Crippen molar-refractivity contribution in [1.82, 2.24) is 19.6 Å². The van der Waals surface area contributed by atoms with E-state index in [1.807, 2.05) is 0 Å². The van der Waals surface area contributed by atoms with Crippen LogP contribution in [0.5, 0.6) is 0 Å². The number of halogens is 1. The number of ether oxygens (including phenoxy) is 1. The summed E-state index contributed by atoms with van der Waals surface area (Å²) >= 11 is 0. The van der Waals surface area contributed by atoms with Crippen LogP contribution in [-0.4, -0.2) is 58.9 Å². The van der Waals surface area contributed by atoms with Crippen molar-refractivity contribution in [1.29, 1.82) is 0 Å². The summed E-state index contributed by atoms with van der Waals surface area (Å²) in [6.07, 6.45) is 2.08. The van der Waals surface area contributed by atoms with Crippen molar-refractivity contribution in [3.8, 4) is 0 Å². The second-order valence-electron chi connectivity index (χ2n) is 6.74. The summed E-state index contributed by atoms with van der Waals surface area (Å²) in [5.41, 5.74) is 1.26. The molecule has 29 heavy (non-hydrogen) atoms. The van der Waals surface area contributed by atoms with Gasteiger partial charge in [-0.25, -0.2) is 9.37 Å². The molecule has 7 nitrogen and oxygen atoms in total. The molecule has 8 heteroatoms. The number of amides is 2. The number of hydrogen-bond donors (Lipinski definition) is 1. The lowest BCUT2D eigenvalue weighted by Crippen LogP contribution is -2.41. The van der Waals surface area contributed by atoms with E-state index in [1.54, 1.807) is 51.9 Å². The van der Waals surface area contributed by atoms with Crippen molar-refractivity contribution >= 4 is 17.3 Å². The van der Waals surface area contributed by atoms with Crippen LogP contribution in [0.3, 0.4) is 0 Å². The molecule has 1 aromatic carbocycles. The van der Waals surface area contributed by atoms with Crippen LogP contribution in [0.25, 0.3) is 5.52 Å². The van der Waals surface area contributed by atoms with Gasteiger partial charge < -0.3 is 15.0 Å². The van der Waals surface area contributed by atoms with Gasteiger partial charge in [-0.2, -0.15) is 0 Å². The number of benzene rings is 1. The number of fused-ring (bicyclic) bond motifs is 1. The fourth-order valence-electron chi connectivity index (χ4n) is 3.36. The van der Waals surface area contributed by atoms with Gasteiger partial charge in [-0.05, 0) is 30.2 Å². The third kappa shape index (κ3) is 3.97. The predicted molar refractivity (Wildman–Crippen MR) is 104 cm³/mol. The molecular weight excluding hydrogens is 375 g/mol. The maximum atomic E-state index is 13.7. The summed E-state index contributed by atoms with van der Waals surface area (Å²) in [7, 11) is 0. The van der Waals surface area contributed by atoms with E-state index >= 15 is 0 Å². The summed E-state index contributed by atoms with van der Waals surface area (Å²) in [6.45, 7) is 2.21. The Morgan fingerprint density at radius 3 is 2.66 bits per heavy atom. The minimum atomic E-state index is -0.397. The highest BCUT2D eigenvalue weighted by atomic mass is 19.1. The van der Waals surface area contributed by atoms with Gasteiger partial charge >= 0.3 is 0 Å². The summed E-state index contributed by atoms with van der Waals surface area (Å²) < 4.78 is 20.7. The molecule has 3 aromatic rings. The van der Waals surface area contributed by atoms with Gasteiger partial charge in [-0.3, -0.25) is 14.0 Å². The van der Waals surface area contributed by atoms with Gasteiger partial charge in [0.2, 0.25) is 5.82 Å². The van der Waals surface area contributed by atoms with Gasteiger partial charge in [0.25, 0.3) is 11.8 Å². The van der Waals surface area contributed by atoms with Crippen LogP contribution in [0.4, 0.5) is 4.39 Å². The van der Waals surface area contributed by atoms with Crippen molar-refractivity contribution in [2.45, 2.75) is 6.42 Å². The van der Waals surface area contributed by atoms with Crippen LogP contribution >= 0.6 is 0 Å². The zero-order valence-corrected chi connectivity index (χ0v) is 15.8. The van der Waals surface area contributed by atoms with E-state index in [0.29, 0.717) is 43.8 Å². The van der Waals surface area contributed by atoms with Crippen LogP contribution in [-0.2, 0) is 11.2 Å². The third-order valence-electron chi connectivity index (χ3n) is 4.89. The highest BCUT2D eigenvalue weighted by Crippen LogP contribution is 2.16. The molecule has 1 fully saturated rings. The summed E-state index contributed by atoms with van der Waals surface area (Å²) in [5.74, 6) is -0.736. The van der Waals surface area contributed by atoms with Crippen LogP contribution in [0.15, 0.2) is 48.7 Å². The number of nitrogens with zero attached hydrogens (tertiary/aromatic N) is 3. The van der Waals surface area contributed by atoms with Gasteiger partial charge in [0.15, 0.2) is 5.69 Å². The Morgan fingerprint density at radius 1 is 1.10 bits per heavy atom. The number of pyridine rings is 1. The highest BCUT2D eigenvalue weighted by Gasteiger charge is 2.26. The Balaban J connectivity index is 1.53. The minimum Gasteiger partial charge on any atom is -0.378 e. The van der Waals surface area contributed by atoms with Gasteiger partial charge in [-0.15, -0.1) is 0 Å². The van der Waals surface area contributed by atoms with E-state index < -0.39 is 5.91 Å². The fourth-order valence-corrected chi connectivity index (χ4v) is 3.36. The molecule has 1 aliphatic heterocycles. The maximum absolute atomic E-state index is 13.7. The quantitative estimate of drug-likeness (QED) is 0.715. The topological polar surface area (TPSA) is 75.9 Å². The monoisotopic (exact) mass is 396 g/mol. The average molecular weight is 396 g/mol. The lowest BCUT2D eigenvalue weighted by atomic mass is 10.1. The van der Waals surface area contributed by atoms with Crippen molar-refractivity contribution < 1.29 is 18.7 Å². The molecule has 3 heterocycles. The zero-order valence-electron chi connectivity index (χ0n) is 15.8. The first-order valence-corrected chi connectivity index (χ1v) is 9.51. The van der Waals surface area contributed by atoms with Gasteiger partial charge in [0.05, 0.1) is 18.7 Å². The minimum absolute atomic E-state index is 0.177. The van der Waals surface area contributed by atoms with Crippen molar-refractivity contribution in [2.75, 3.05) is 32.8 Å². The van der Waals surface area contributed by atoms with E-state index in [0.717, 1.165) is 0 Å². The molecule has 1 saturated heterocycles. The smallest absolute Gasteiger partial charge is 0.290 e. The molecule has 0 spiro atoms. The van der Waals surface area contributed by atoms with Crippen LogP contribution in [0.1, 0.15) is 26.7 Å². The van der Waals surface area contributed by atoms with Crippen LogP contribution in [0, 0.1) is 5.82 Å². The summed E-state index contributed by atoms with van der Waals surface area (Å²) in [6, 6.07) is 11.8. The number of rotatable bonds is 5. The second kappa shape index (κ2) is 8.40. The third-order valence-corrected chi connectivity index (χ3v) is 4.89. The van der Waals surface area contributed by atoms with E-state index in [4.69, 9.17) is 4.74 Å². The highest BCUT2D eigenvalue weighted by molar-refractivity contribution is 6.02. The molecule has 1 N–H and O–H groups in total. The predicted octanol–water partition coefficient (Wildman–Crippen LogP) is 1.92. The number of aromatic nitrogens is 2. The first-order valence-electron chi connectivity index (χ1n) is 9.51. The van der Waals surface area contributed by atoms with E-state index in [1.165, 1.54) is 6.07 Å². The Bertz CT molecular complexity index is 1040. The molecule has 0 bridgehead atoms. The first kappa shape index (κ1) is 19.1. The normalized spacial score (nSPS) is 14.2. The lowest BCUT2D eigenvalue weighted by Gasteiger charge is -2.26. The Labute approximate surface area is 167 Å². The molecule has 0 unspecified atom stereocenters. The van der Waals surface area contributed by atoms with E-state index in [9.17, 15) is 14.0 Å². The largest absolute Gasteiger partial charge is 0.378 e. The Kier molecular flexibility index (Phi) is 5.53. The van der Waals surface area contributed by atoms with Crippen molar-refractivity contribution in [2.24, 2.45) is 0 Å². The zero-order chi connectivity index (χ0) is 20.2. The second-order valence-corrected chi connectivity index (χ2v) is 6.74. The number of nitrogens with one attached hydrogen (secondary N) is 1. The number of hydrogen-bond acceptors (Lipinski definition) is 4. The number of carbonyl (C=O) groups excluding carboxylic acids is 2. The van der Waals surface area contributed by atoms with E-state index in [-0.39, 0.29) is 29.8 Å².